The van der Waals surface area contributed by atoms with E-state index in [2.05, 4.69) is 18.3 Å². The summed E-state index contributed by atoms with van der Waals surface area (Å²) in [6.07, 6.45) is 2.77. The molecule has 0 bridgehead atoms. The minimum absolute atomic E-state index is 0.0472. The zero-order chi connectivity index (χ0) is 22.8. The SMILES string of the molecule is CCCCNC(=O)[C@H](CC)N(Cc1cccc(OC)c1)C(=O)Cc1cc(C)ccc1C. The van der Waals surface area contributed by atoms with Gasteiger partial charge in [0.2, 0.25) is 11.8 Å². The Morgan fingerprint density at radius 2 is 1.87 bits per heavy atom. The third-order valence-electron chi connectivity index (χ3n) is 5.55. The van der Waals surface area contributed by atoms with Gasteiger partial charge in [0.05, 0.1) is 13.5 Å². The summed E-state index contributed by atoms with van der Waals surface area (Å²) in [5.41, 5.74) is 4.15. The number of carbonyl (C=O) groups excluding carboxylic acids is 2. The lowest BCUT2D eigenvalue weighted by molar-refractivity contribution is -0.140. The van der Waals surface area contributed by atoms with Crippen LogP contribution in [0.3, 0.4) is 0 Å². The third-order valence-corrected chi connectivity index (χ3v) is 5.55. The van der Waals surface area contributed by atoms with Crippen LogP contribution < -0.4 is 10.1 Å². The van der Waals surface area contributed by atoms with Crippen molar-refractivity contribution < 1.29 is 14.3 Å². The fourth-order valence-corrected chi connectivity index (χ4v) is 3.65. The normalized spacial score (nSPS) is 11.6. The van der Waals surface area contributed by atoms with Crippen LogP contribution in [0.15, 0.2) is 42.5 Å². The molecule has 0 aromatic heterocycles. The number of benzene rings is 2. The van der Waals surface area contributed by atoms with Gasteiger partial charge >= 0.3 is 0 Å². The highest BCUT2D eigenvalue weighted by atomic mass is 16.5. The first kappa shape index (κ1) is 24.4. The van der Waals surface area contributed by atoms with Crippen molar-refractivity contribution in [2.45, 2.75) is 66.0 Å². The van der Waals surface area contributed by atoms with Crippen LogP contribution in [0, 0.1) is 13.8 Å². The lowest BCUT2D eigenvalue weighted by Gasteiger charge is -2.31. The van der Waals surface area contributed by atoms with Gasteiger partial charge in [-0.15, -0.1) is 0 Å². The second kappa shape index (κ2) is 12.1. The van der Waals surface area contributed by atoms with E-state index in [4.69, 9.17) is 4.74 Å². The van der Waals surface area contributed by atoms with Crippen molar-refractivity contribution in [2.24, 2.45) is 0 Å². The molecule has 0 aliphatic rings. The average Bonchev–Trinajstić information content (AvgIpc) is 2.76. The number of ether oxygens (including phenoxy) is 1. The zero-order valence-corrected chi connectivity index (χ0v) is 19.5. The summed E-state index contributed by atoms with van der Waals surface area (Å²) in [6.45, 7) is 9.07. The van der Waals surface area contributed by atoms with Gasteiger partial charge < -0.3 is 15.0 Å². The number of hydrogen-bond acceptors (Lipinski definition) is 3. The number of aryl methyl sites for hydroxylation is 2. The maximum Gasteiger partial charge on any atom is 0.242 e. The monoisotopic (exact) mass is 424 g/mol. The molecule has 1 atom stereocenters. The Bertz CT molecular complexity index is 879. The van der Waals surface area contributed by atoms with Crippen molar-refractivity contribution in [1.29, 1.82) is 0 Å². The summed E-state index contributed by atoms with van der Waals surface area (Å²) in [4.78, 5) is 28.2. The molecule has 5 nitrogen and oxygen atoms in total. The van der Waals surface area contributed by atoms with Gasteiger partial charge in [0.15, 0.2) is 0 Å². The van der Waals surface area contributed by atoms with Gasteiger partial charge in [0, 0.05) is 13.1 Å². The molecule has 31 heavy (non-hydrogen) atoms. The Morgan fingerprint density at radius 3 is 2.55 bits per heavy atom. The van der Waals surface area contributed by atoms with Crippen molar-refractivity contribution in [2.75, 3.05) is 13.7 Å². The fraction of sp³-hybridized carbons (Fsp3) is 0.462. The zero-order valence-electron chi connectivity index (χ0n) is 19.5. The number of methoxy groups -OCH3 is 1. The summed E-state index contributed by atoms with van der Waals surface area (Å²) in [6, 6.07) is 13.3. The Kier molecular flexibility index (Phi) is 9.57. The molecule has 168 valence electrons. The van der Waals surface area contributed by atoms with E-state index in [-0.39, 0.29) is 18.2 Å². The van der Waals surface area contributed by atoms with Gasteiger partial charge in [-0.2, -0.15) is 0 Å². The fourth-order valence-electron chi connectivity index (χ4n) is 3.65. The Morgan fingerprint density at radius 1 is 1.10 bits per heavy atom. The molecule has 0 radical (unpaired) electrons. The van der Waals surface area contributed by atoms with Gasteiger partial charge in [0.1, 0.15) is 11.8 Å². The number of nitrogens with one attached hydrogen (secondary N) is 1. The highest BCUT2D eigenvalue weighted by molar-refractivity contribution is 5.88. The Hall–Kier alpha value is -2.82. The Balaban J connectivity index is 2.31. The van der Waals surface area contributed by atoms with Gasteiger partial charge in [-0.3, -0.25) is 9.59 Å². The van der Waals surface area contributed by atoms with Gasteiger partial charge in [-0.05, 0) is 55.5 Å². The van der Waals surface area contributed by atoms with Crippen LogP contribution in [0.5, 0.6) is 5.75 Å². The summed E-state index contributed by atoms with van der Waals surface area (Å²) in [5, 5.41) is 3.01. The molecule has 0 spiro atoms. The summed E-state index contributed by atoms with van der Waals surface area (Å²) in [5.74, 6) is 0.599. The second-order valence-corrected chi connectivity index (χ2v) is 8.05. The average molecular weight is 425 g/mol. The molecule has 0 unspecified atom stereocenters. The van der Waals surface area contributed by atoms with Gasteiger partial charge in [0.25, 0.3) is 0 Å². The van der Waals surface area contributed by atoms with Crippen LogP contribution in [0.2, 0.25) is 0 Å². The van der Waals surface area contributed by atoms with Gasteiger partial charge in [-0.25, -0.2) is 0 Å². The van der Waals surface area contributed by atoms with E-state index in [0.717, 1.165) is 40.8 Å². The second-order valence-electron chi connectivity index (χ2n) is 8.05. The first-order chi connectivity index (χ1) is 14.9. The lowest BCUT2D eigenvalue weighted by atomic mass is 10.0. The van der Waals surface area contributed by atoms with E-state index >= 15 is 0 Å². The van der Waals surface area contributed by atoms with Crippen LogP contribution in [-0.2, 0) is 22.6 Å². The van der Waals surface area contributed by atoms with Crippen LogP contribution in [-0.4, -0.2) is 36.4 Å². The van der Waals surface area contributed by atoms with Crippen molar-refractivity contribution in [3.63, 3.8) is 0 Å². The highest BCUT2D eigenvalue weighted by Crippen LogP contribution is 2.19. The van der Waals surface area contributed by atoms with Crippen molar-refractivity contribution in [3.8, 4) is 5.75 Å². The quantitative estimate of drug-likeness (QED) is 0.537. The van der Waals surface area contributed by atoms with E-state index in [1.165, 1.54) is 0 Å². The minimum Gasteiger partial charge on any atom is -0.497 e. The molecule has 0 heterocycles. The van der Waals surface area contributed by atoms with E-state index in [0.29, 0.717) is 19.5 Å². The molecule has 0 aliphatic carbocycles. The molecule has 5 heteroatoms. The predicted molar refractivity (Wildman–Crippen MR) is 125 cm³/mol. The first-order valence-corrected chi connectivity index (χ1v) is 11.2. The maximum atomic E-state index is 13.5. The largest absolute Gasteiger partial charge is 0.497 e. The number of nitrogens with zero attached hydrogens (tertiary/aromatic N) is 1. The first-order valence-electron chi connectivity index (χ1n) is 11.2. The molecule has 2 rings (SSSR count). The van der Waals surface area contributed by atoms with E-state index < -0.39 is 6.04 Å². The summed E-state index contributed by atoms with van der Waals surface area (Å²) >= 11 is 0. The van der Waals surface area contributed by atoms with Crippen LogP contribution in [0.25, 0.3) is 0 Å². The molecule has 1 N–H and O–H groups in total. The molecule has 0 saturated heterocycles. The molecule has 0 saturated carbocycles. The molecule has 2 aromatic rings. The number of carbonyl (C=O) groups is 2. The maximum absolute atomic E-state index is 13.5. The molecule has 0 aliphatic heterocycles. The number of hydrogen-bond donors (Lipinski definition) is 1. The van der Waals surface area contributed by atoms with Crippen LogP contribution >= 0.6 is 0 Å². The molecule has 0 fully saturated rings. The van der Waals surface area contributed by atoms with Crippen molar-refractivity contribution >= 4 is 11.8 Å². The molecule has 2 amide bonds. The highest BCUT2D eigenvalue weighted by Gasteiger charge is 2.28. The van der Waals surface area contributed by atoms with E-state index in [1.54, 1.807) is 12.0 Å². The lowest BCUT2D eigenvalue weighted by Crippen LogP contribution is -2.49. The van der Waals surface area contributed by atoms with E-state index in [9.17, 15) is 9.59 Å². The third kappa shape index (κ3) is 7.12. The topological polar surface area (TPSA) is 58.6 Å². The number of amides is 2. The predicted octanol–water partition coefficient (Wildman–Crippen LogP) is 4.58. The van der Waals surface area contributed by atoms with Crippen molar-refractivity contribution in [1.82, 2.24) is 10.2 Å². The van der Waals surface area contributed by atoms with Crippen LogP contribution in [0.1, 0.15) is 55.4 Å². The Labute approximate surface area is 186 Å². The summed E-state index contributed by atoms with van der Waals surface area (Å²) in [7, 11) is 1.62. The van der Waals surface area contributed by atoms with E-state index in [1.807, 2.05) is 57.2 Å². The summed E-state index contributed by atoms with van der Waals surface area (Å²) < 4.78 is 5.34. The number of rotatable bonds is 11. The standard InChI is InChI=1S/C26H36N2O3/c1-6-8-14-27-26(30)24(7-2)28(18-21-10-9-11-23(16-21)31-5)25(29)17-22-15-19(3)12-13-20(22)4/h9-13,15-16,24H,6-8,14,17-18H2,1-5H3,(H,27,30)/t24-/m0/s1. The van der Waals surface area contributed by atoms with Gasteiger partial charge in [-0.1, -0.05) is 56.2 Å². The van der Waals surface area contributed by atoms with Crippen molar-refractivity contribution in [3.05, 3.63) is 64.7 Å². The molecular weight excluding hydrogens is 388 g/mol. The van der Waals surface area contributed by atoms with Crippen LogP contribution in [0.4, 0.5) is 0 Å². The number of unbranched alkanes of at least 4 members (excludes halogenated alkanes) is 1. The molecular formula is C26H36N2O3. The minimum atomic E-state index is -0.513. The molecule has 2 aromatic carbocycles. The smallest absolute Gasteiger partial charge is 0.242 e.